The summed E-state index contributed by atoms with van der Waals surface area (Å²) >= 11 is 0. The summed E-state index contributed by atoms with van der Waals surface area (Å²) in [6, 6.07) is 8.17. The highest BCUT2D eigenvalue weighted by molar-refractivity contribution is 5.67. The van der Waals surface area contributed by atoms with Gasteiger partial charge >= 0.3 is 0 Å². The Morgan fingerprint density at radius 1 is 1.24 bits per heavy atom. The van der Waals surface area contributed by atoms with Gasteiger partial charge in [-0.1, -0.05) is 18.2 Å². The van der Waals surface area contributed by atoms with E-state index >= 15 is 0 Å². The molecule has 0 amide bonds. The van der Waals surface area contributed by atoms with Gasteiger partial charge in [0.2, 0.25) is 0 Å². The zero-order valence-corrected chi connectivity index (χ0v) is 9.48. The van der Waals surface area contributed by atoms with Crippen molar-refractivity contribution in [3.05, 3.63) is 41.7 Å². The number of hydrogen-bond acceptors (Lipinski definition) is 4. The predicted molar refractivity (Wildman–Crippen MR) is 67.3 cm³/mol. The average molecular weight is 226 g/mol. The lowest BCUT2D eigenvalue weighted by molar-refractivity contribution is 0.644. The molecule has 0 bridgehead atoms. The van der Waals surface area contributed by atoms with E-state index in [1.54, 1.807) is 0 Å². The van der Waals surface area contributed by atoms with Crippen LogP contribution in [0.25, 0.3) is 11.3 Å². The Morgan fingerprint density at radius 3 is 3.06 bits per heavy atom. The molecule has 0 unspecified atom stereocenters. The number of hydrogen-bond donors (Lipinski definition) is 2. The van der Waals surface area contributed by atoms with Gasteiger partial charge in [-0.05, 0) is 24.1 Å². The molecular weight excluding hydrogens is 212 g/mol. The van der Waals surface area contributed by atoms with Gasteiger partial charge in [0, 0.05) is 18.2 Å². The minimum absolute atomic E-state index is 0.515. The van der Waals surface area contributed by atoms with E-state index in [2.05, 4.69) is 33.5 Å². The third-order valence-electron chi connectivity index (χ3n) is 3.10. The second-order valence-corrected chi connectivity index (χ2v) is 4.20. The van der Waals surface area contributed by atoms with Crippen LogP contribution in [-0.2, 0) is 13.0 Å². The Balaban J connectivity index is 2.14. The van der Waals surface area contributed by atoms with Crippen LogP contribution < -0.4 is 11.1 Å². The van der Waals surface area contributed by atoms with Crippen molar-refractivity contribution in [3.8, 4) is 11.3 Å². The highest BCUT2D eigenvalue weighted by atomic mass is 14.9. The zero-order valence-electron chi connectivity index (χ0n) is 9.48. The lowest BCUT2D eigenvalue weighted by atomic mass is 9.94. The van der Waals surface area contributed by atoms with Crippen molar-refractivity contribution in [3.63, 3.8) is 0 Å². The number of rotatable bonds is 1. The van der Waals surface area contributed by atoms with E-state index in [0.717, 1.165) is 25.2 Å². The maximum absolute atomic E-state index is 5.71. The Labute approximate surface area is 99.9 Å². The SMILES string of the molecule is Nc1cc(-c2cccc3c2CCNC3)ncn1. The minimum Gasteiger partial charge on any atom is -0.384 e. The molecule has 1 aromatic carbocycles. The molecule has 2 aromatic rings. The first-order chi connectivity index (χ1) is 8.34. The third-order valence-corrected chi connectivity index (χ3v) is 3.10. The average Bonchev–Trinajstić information content (AvgIpc) is 2.38. The van der Waals surface area contributed by atoms with Crippen molar-refractivity contribution in [2.75, 3.05) is 12.3 Å². The van der Waals surface area contributed by atoms with Gasteiger partial charge in [-0.3, -0.25) is 0 Å². The molecule has 0 spiro atoms. The van der Waals surface area contributed by atoms with Crippen LogP contribution >= 0.6 is 0 Å². The van der Waals surface area contributed by atoms with Gasteiger partial charge in [0.15, 0.2) is 0 Å². The number of aromatic nitrogens is 2. The lowest BCUT2D eigenvalue weighted by Crippen LogP contribution is -2.24. The van der Waals surface area contributed by atoms with Gasteiger partial charge in [0.1, 0.15) is 12.1 Å². The summed E-state index contributed by atoms with van der Waals surface area (Å²) in [5.74, 6) is 0.515. The molecule has 0 saturated heterocycles. The summed E-state index contributed by atoms with van der Waals surface area (Å²) in [4.78, 5) is 8.24. The second-order valence-electron chi connectivity index (χ2n) is 4.20. The van der Waals surface area contributed by atoms with Gasteiger partial charge in [0.25, 0.3) is 0 Å². The van der Waals surface area contributed by atoms with E-state index < -0.39 is 0 Å². The fraction of sp³-hybridized carbons (Fsp3) is 0.231. The molecule has 0 atom stereocenters. The summed E-state index contributed by atoms with van der Waals surface area (Å²) in [7, 11) is 0. The first-order valence-corrected chi connectivity index (χ1v) is 5.74. The molecule has 3 N–H and O–H groups in total. The topological polar surface area (TPSA) is 63.8 Å². The third kappa shape index (κ3) is 1.87. The molecule has 4 nitrogen and oxygen atoms in total. The highest BCUT2D eigenvalue weighted by Gasteiger charge is 2.14. The van der Waals surface area contributed by atoms with Crippen LogP contribution in [0.4, 0.5) is 5.82 Å². The van der Waals surface area contributed by atoms with Crippen molar-refractivity contribution in [1.29, 1.82) is 0 Å². The molecule has 1 aliphatic rings. The van der Waals surface area contributed by atoms with E-state index in [9.17, 15) is 0 Å². The van der Waals surface area contributed by atoms with Crippen LogP contribution in [-0.4, -0.2) is 16.5 Å². The summed E-state index contributed by atoms with van der Waals surface area (Å²) in [6.45, 7) is 1.95. The molecular formula is C13H14N4. The Hall–Kier alpha value is -1.94. The molecule has 2 heterocycles. The van der Waals surface area contributed by atoms with Crippen LogP contribution in [0.1, 0.15) is 11.1 Å². The molecule has 0 saturated carbocycles. The van der Waals surface area contributed by atoms with Crippen LogP contribution in [0.15, 0.2) is 30.6 Å². The van der Waals surface area contributed by atoms with Gasteiger partial charge in [0.05, 0.1) is 5.69 Å². The number of anilines is 1. The maximum Gasteiger partial charge on any atom is 0.127 e. The molecule has 3 rings (SSSR count). The molecule has 0 fully saturated rings. The van der Waals surface area contributed by atoms with Gasteiger partial charge < -0.3 is 11.1 Å². The van der Waals surface area contributed by atoms with Crippen LogP contribution in [0.2, 0.25) is 0 Å². The summed E-state index contributed by atoms with van der Waals surface area (Å²) in [5.41, 5.74) is 10.5. The van der Waals surface area contributed by atoms with Crippen LogP contribution in [0.5, 0.6) is 0 Å². The van der Waals surface area contributed by atoms with Crippen LogP contribution in [0.3, 0.4) is 0 Å². The molecule has 0 aliphatic carbocycles. The highest BCUT2D eigenvalue weighted by Crippen LogP contribution is 2.27. The normalized spacial score (nSPS) is 14.4. The van der Waals surface area contributed by atoms with Crippen LogP contribution in [0, 0.1) is 0 Å². The Morgan fingerprint density at radius 2 is 2.18 bits per heavy atom. The van der Waals surface area contributed by atoms with Gasteiger partial charge in [-0.25, -0.2) is 9.97 Å². The summed E-state index contributed by atoms with van der Waals surface area (Å²) in [6.07, 6.45) is 2.56. The monoisotopic (exact) mass is 226 g/mol. The smallest absolute Gasteiger partial charge is 0.127 e. The quantitative estimate of drug-likeness (QED) is 0.771. The molecule has 4 heteroatoms. The predicted octanol–water partition coefficient (Wildman–Crippen LogP) is 1.37. The Bertz CT molecular complexity index is 551. The van der Waals surface area contributed by atoms with Gasteiger partial charge in [-0.15, -0.1) is 0 Å². The first kappa shape index (κ1) is 10.2. The fourth-order valence-electron chi connectivity index (χ4n) is 2.29. The molecule has 17 heavy (non-hydrogen) atoms. The molecule has 1 aliphatic heterocycles. The van der Waals surface area contributed by atoms with E-state index in [0.29, 0.717) is 5.82 Å². The summed E-state index contributed by atoms with van der Waals surface area (Å²) < 4.78 is 0. The largest absolute Gasteiger partial charge is 0.384 e. The van der Waals surface area contributed by atoms with Crippen molar-refractivity contribution >= 4 is 5.82 Å². The number of nitrogen functional groups attached to an aromatic ring is 1. The summed E-state index contributed by atoms with van der Waals surface area (Å²) in [5, 5.41) is 3.37. The van der Waals surface area contributed by atoms with Crippen molar-refractivity contribution in [2.45, 2.75) is 13.0 Å². The first-order valence-electron chi connectivity index (χ1n) is 5.74. The number of benzene rings is 1. The van der Waals surface area contributed by atoms with E-state index in [-0.39, 0.29) is 0 Å². The standard InChI is InChI=1S/C13H14N4/c14-13-6-12(16-8-17-13)11-3-1-2-9-7-15-5-4-10(9)11/h1-3,6,8,15H,4-5,7H2,(H2,14,16,17). The number of nitrogens with zero attached hydrogens (tertiary/aromatic N) is 2. The second kappa shape index (κ2) is 4.14. The van der Waals surface area contributed by atoms with Gasteiger partial charge in [-0.2, -0.15) is 0 Å². The number of nitrogens with one attached hydrogen (secondary N) is 1. The molecule has 86 valence electrons. The van der Waals surface area contributed by atoms with Crippen molar-refractivity contribution < 1.29 is 0 Å². The van der Waals surface area contributed by atoms with E-state index in [1.807, 2.05) is 6.07 Å². The maximum atomic E-state index is 5.71. The number of nitrogens with two attached hydrogens (primary N) is 1. The Kier molecular flexibility index (Phi) is 2.49. The molecule has 0 radical (unpaired) electrons. The molecule has 1 aromatic heterocycles. The van der Waals surface area contributed by atoms with Crippen molar-refractivity contribution in [1.82, 2.24) is 15.3 Å². The van der Waals surface area contributed by atoms with E-state index in [4.69, 9.17) is 5.73 Å². The lowest BCUT2D eigenvalue weighted by Gasteiger charge is -2.20. The zero-order chi connectivity index (χ0) is 11.7. The number of fused-ring (bicyclic) bond motifs is 1. The minimum atomic E-state index is 0.515. The van der Waals surface area contributed by atoms with Crippen molar-refractivity contribution in [2.24, 2.45) is 0 Å². The van der Waals surface area contributed by atoms with E-state index in [1.165, 1.54) is 23.0 Å². The fourth-order valence-corrected chi connectivity index (χ4v) is 2.29.